The van der Waals surface area contributed by atoms with E-state index in [0.717, 1.165) is 16.9 Å². The highest BCUT2D eigenvalue weighted by Crippen LogP contribution is 2.25. The van der Waals surface area contributed by atoms with Crippen LogP contribution >= 0.6 is 0 Å². The van der Waals surface area contributed by atoms with Gasteiger partial charge in [0.2, 0.25) is 0 Å². The Morgan fingerprint density at radius 1 is 0.912 bits per heavy atom. The SMILES string of the molecule is CC(C)(C)N.O=C(O)c1cccc(/C=C/CCOC(=O)N(c2ccccc2)c2ccccc2)c1. The first-order valence-electron chi connectivity index (χ1n) is 11.0. The molecule has 3 rings (SSSR count). The van der Waals surface area contributed by atoms with Crippen LogP contribution in [0, 0.1) is 0 Å². The molecule has 0 atom stereocenters. The van der Waals surface area contributed by atoms with Gasteiger partial charge >= 0.3 is 12.1 Å². The number of hydrogen-bond acceptors (Lipinski definition) is 4. The van der Waals surface area contributed by atoms with E-state index >= 15 is 0 Å². The second-order valence-corrected chi connectivity index (χ2v) is 8.61. The first-order valence-corrected chi connectivity index (χ1v) is 11.0. The Bertz CT molecular complexity index is 1030. The highest BCUT2D eigenvalue weighted by atomic mass is 16.6. The number of ether oxygens (including phenoxy) is 1. The molecule has 0 radical (unpaired) electrons. The number of rotatable bonds is 7. The zero-order chi connectivity index (χ0) is 25.0. The number of nitrogens with two attached hydrogens (primary N) is 1. The Labute approximate surface area is 201 Å². The molecule has 0 saturated carbocycles. The van der Waals surface area contributed by atoms with Crippen molar-refractivity contribution >= 4 is 29.5 Å². The quantitative estimate of drug-likeness (QED) is 0.392. The predicted molar refractivity (Wildman–Crippen MR) is 137 cm³/mol. The van der Waals surface area contributed by atoms with E-state index in [-0.39, 0.29) is 17.7 Å². The van der Waals surface area contributed by atoms with Crippen molar-refractivity contribution in [1.29, 1.82) is 0 Å². The summed E-state index contributed by atoms with van der Waals surface area (Å²) >= 11 is 0. The van der Waals surface area contributed by atoms with E-state index < -0.39 is 12.1 Å². The Balaban J connectivity index is 0.000000739. The number of amides is 1. The van der Waals surface area contributed by atoms with Crippen LogP contribution in [0.15, 0.2) is 91.0 Å². The van der Waals surface area contributed by atoms with Gasteiger partial charge in [-0.15, -0.1) is 0 Å². The van der Waals surface area contributed by atoms with Crippen LogP contribution in [-0.4, -0.2) is 29.3 Å². The number of benzene rings is 3. The fourth-order valence-corrected chi connectivity index (χ4v) is 2.79. The van der Waals surface area contributed by atoms with Crippen LogP contribution in [0.3, 0.4) is 0 Å². The van der Waals surface area contributed by atoms with Crippen LogP contribution < -0.4 is 10.6 Å². The predicted octanol–water partition coefficient (Wildman–Crippen LogP) is 6.51. The number of carbonyl (C=O) groups is 2. The van der Waals surface area contributed by atoms with Gasteiger partial charge in [-0.1, -0.05) is 60.7 Å². The molecular weight excluding hydrogens is 428 g/mol. The van der Waals surface area contributed by atoms with Gasteiger partial charge in [-0.2, -0.15) is 0 Å². The molecule has 0 unspecified atom stereocenters. The van der Waals surface area contributed by atoms with Gasteiger partial charge < -0.3 is 15.6 Å². The van der Waals surface area contributed by atoms with Crippen LogP contribution in [0.2, 0.25) is 0 Å². The van der Waals surface area contributed by atoms with E-state index in [1.165, 1.54) is 4.90 Å². The summed E-state index contributed by atoms with van der Waals surface area (Å²) < 4.78 is 5.45. The molecule has 0 aliphatic heterocycles. The number of carboxylic acid groups (broad SMARTS) is 1. The van der Waals surface area contributed by atoms with Gasteiger partial charge in [0.05, 0.1) is 23.5 Å². The van der Waals surface area contributed by atoms with Crippen molar-refractivity contribution in [3.8, 4) is 0 Å². The van der Waals surface area contributed by atoms with Crippen molar-refractivity contribution in [3.63, 3.8) is 0 Å². The third-order valence-corrected chi connectivity index (χ3v) is 4.17. The van der Waals surface area contributed by atoms with E-state index in [4.69, 9.17) is 15.6 Å². The van der Waals surface area contributed by atoms with Gasteiger partial charge in [0.25, 0.3) is 0 Å². The normalized spacial score (nSPS) is 10.8. The van der Waals surface area contributed by atoms with Gasteiger partial charge in [0, 0.05) is 5.54 Å². The lowest BCUT2D eigenvalue weighted by Gasteiger charge is -2.22. The number of aromatic carboxylic acids is 1. The van der Waals surface area contributed by atoms with Crippen molar-refractivity contribution in [2.75, 3.05) is 11.5 Å². The van der Waals surface area contributed by atoms with E-state index in [1.807, 2.05) is 99.7 Å². The number of hydrogen-bond donors (Lipinski definition) is 2. The summed E-state index contributed by atoms with van der Waals surface area (Å²) in [6, 6.07) is 25.3. The van der Waals surface area contributed by atoms with Crippen molar-refractivity contribution in [1.82, 2.24) is 0 Å². The minimum Gasteiger partial charge on any atom is -0.478 e. The maximum absolute atomic E-state index is 12.7. The molecule has 0 fully saturated rings. The Hall–Kier alpha value is -3.90. The van der Waals surface area contributed by atoms with Crippen LogP contribution in [0.25, 0.3) is 6.08 Å². The van der Waals surface area contributed by atoms with Gasteiger partial charge in [0.15, 0.2) is 0 Å². The molecule has 34 heavy (non-hydrogen) atoms. The lowest BCUT2D eigenvalue weighted by atomic mass is 10.1. The Morgan fingerprint density at radius 3 is 1.94 bits per heavy atom. The molecule has 0 aliphatic rings. The summed E-state index contributed by atoms with van der Waals surface area (Å²) in [5, 5.41) is 9.03. The smallest absolute Gasteiger partial charge is 0.418 e. The largest absolute Gasteiger partial charge is 0.478 e. The summed E-state index contributed by atoms with van der Waals surface area (Å²) in [4.78, 5) is 25.3. The molecule has 0 saturated heterocycles. The van der Waals surface area contributed by atoms with Crippen LogP contribution in [0.4, 0.5) is 16.2 Å². The van der Waals surface area contributed by atoms with Crippen molar-refractivity contribution in [3.05, 3.63) is 102 Å². The zero-order valence-corrected chi connectivity index (χ0v) is 19.8. The van der Waals surface area contributed by atoms with Gasteiger partial charge in [-0.05, 0) is 69.2 Å². The summed E-state index contributed by atoms with van der Waals surface area (Å²) in [6.07, 6.45) is 3.72. The maximum atomic E-state index is 12.7. The minimum absolute atomic E-state index is 0. The van der Waals surface area contributed by atoms with E-state index in [1.54, 1.807) is 18.2 Å². The summed E-state index contributed by atoms with van der Waals surface area (Å²) in [5.74, 6) is -0.962. The molecule has 0 aromatic heterocycles. The summed E-state index contributed by atoms with van der Waals surface area (Å²) in [6.45, 7) is 6.11. The first kappa shape index (κ1) is 26.4. The molecular formula is C28H32N2O4. The van der Waals surface area contributed by atoms with Gasteiger partial charge in [-0.25, -0.2) is 14.5 Å². The van der Waals surface area contributed by atoms with E-state index in [9.17, 15) is 9.59 Å². The summed E-state index contributed by atoms with van der Waals surface area (Å²) in [5.41, 5.74) is 7.83. The van der Waals surface area contributed by atoms with Gasteiger partial charge in [0.1, 0.15) is 0 Å². The molecule has 3 aromatic rings. The number of carbonyl (C=O) groups excluding carboxylic acids is 1. The monoisotopic (exact) mass is 460 g/mol. The molecule has 0 aliphatic carbocycles. The lowest BCUT2D eigenvalue weighted by molar-refractivity contribution is 0.0696. The second-order valence-electron chi connectivity index (χ2n) is 8.61. The Morgan fingerprint density at radius 2 is 1.44 bits per heavy atom. The fourth-order valence-electron chi connectivity index (χ4n) is 2.79. The van der Waals surface area contributed by atoms with Crippen molar-refractivity contribution < 1.29 is 19.4 Å². The average molecular weight is 461 g/mol. The van der Waals surface area contributed by atoms with Crippen LogP contribution in [0.5, 0.6) is 0 Å². The number of nitrogens with zero attached hydrogens (tertiary/aromatic N) is 1. The molecule has 6 heteroatoms. The molecule has 3 aromatic carbocycles. The highest BCUT2D eigenvalue weighted by molar-refractivity contribution is 5.95. The molecule has 6 nitrogen and oxygen atoms in total. The number of para-hydroxylation sites is 2. The topological polar surface area (TPSA) is 92.9 Å². The second kappa shape index (κ2) is 13.0. The van der Waals surface area contributed by atoms with Crippen LogP contribution in [0.1, 0.15) is 43.1 Å². The fraction of sp³-hybridized carbons (Fsp3) is 0.214. The first-order chi connectivity index (χ1) is 16.1. The molecule has 0 heterocycles. The van der Waals surface area contributed by atoms with Crippen molar-refractivity contribution in [2.45, 2.75) is 32.7 Å². The average Bonchev–Trinajstić information content (AvgIpc) is 2.79. The highest BCUT2D eigenvalue weighted by Gasteiger charge is 2.18. The molecule has 1 amide bonds. The third kappa shape index (κ3) is 9.71. The van der Waals surface area contributed by atoms with Crippen molar-refractivity contribution in [2.24, 2.45) is 5.73 Å². The summed E-state index contributed by atoms with van der Waals surface area (Å²) in [7, 11) is 0. The standard InChI is InChI=1S/C24H21NO4.C4H11N/c26-23(27)20-12-9-11-19(18-20)10-7-8-17-29-24(28)25(21-13-3-1-4-14-21)22-15-5-2-6-16-22;1-4(2,3)5/h1-7,9-16,18H,8,17H2,(H,26,27);5H2,1-3H3/b10-7+;. The maximum Gasteiger partial charge on any atom is 0.418 e. The zero-order valence-electron chi connectivity index (χ0n) is 19.8. The van der Waals surface area contributed by atoms with E-state index in [0.29, 0.717) is 6.42 Å². The molecule has 0 bridgehead atoms. The number of anilines is 2. The third-order valence-electron chi connectivity index (χ3n) is 4.17. The molecule has 3 N–H and O–H groups in total. The number of carboxylic acids is 1. The van der Waals surface area contributed by atoms with Gasteiger partial charge in [-0.3, -0.25) is 0 Å². The van der Waals surface area contributed by atoms with Crippen LogP contribution in [-0.2, 0) is 4.74 Å². The minimum atomic E-state index is -0.962. The van der Waals surface area contributed by atoms with E-state index in [2.05, 4.69) is 0 Å². The molecule has 178 valence electrons. The Kier molecular flexibility index (Phi) is 10.0. The molecule has 0 spiro atoms. The lowest BCUT2D eigenvalue weighted by Crippen LogP contribution is -2.27.